The predicted molar refractivity (Wildman–Crippen MR) is 77.0 cm³/mol. The van der Waals surface area contributed by atoms with Gasteiger partial charge < -0.3 is 5.11 Å². The quantitative estimate of drug-likeness (QED) is 0.775. The largest absolute Gasteiger partial charge is 0.396 e. The Balaban J connectivity index is 2.87. The molecule has 0 spiro atoms. The van der Waals surface area contributed by atoms with Crippen LogP contribution in [0.4, 0.5) is 0 Å². The average molecular weight is 290 g/mol. The Bertz CT molecular complexity index is 393. The molecular weight excluding hydrogens is 264 g/mol. The van der Waals surface area contributed by atoms with Crippen LogP contribution in [-0.2, 0) is 10.2 Å². The molecule has 0 atom stereocenters. The number of hydrogen-bond acceptors (Lipinski definition) is 3. The number of nitrogens with zero attached hydrogens (tertiary/aromatic N) is 2. The van der Waals surface area contributed by atoms with Gasteiger partial charge in [-0.15, -0.1) is 6.58 Å². The maximum absolute atomic E-state index is 12.7. The van der Waals surface area contributed by atoms with Crippen molar-refractivity contribution in [3.63, 3.8) is 0 Å². The number of aliphatic hydroxyl groups excluding tert-OH is 1. The van der Waals surface area contributed by atoms with E-state index in [0.29, 0.717) is 19.6 Å². The van der Waals surface area contributed by atoms with Gasteiger partial charge in [0, 0.05) is 31.8 Å². The third-order valence-corrected chi connectivity index (χ3v) is 5.75. The fourth-order valence-electron chi connectivity index (χ4n) is 2.29. The van der Waals surface area contributed by atoms with E-state index in [9.17, 15) is 8.42 Å². The van der Waals surface area contributed by atoms with Crippen LogP contribution < -0.4 is 0 Å². The summed E-state index contributed by atoms with van der Waals surface area (Å²) < 4.78 is 28.3. The van der Waals surface area contributed by atoms with Gasteiger partial charge in [-0.1, -0.05) is 6.08 Å². The summed E-state index contributed by atoms with van der Waals surface area (Å²) in [5.41, 5.74) is -0.471. The summed E-state index contributed by atoms with van der Waals surface area (Å²) >= 11 is 0. The van der Waals surface area contributed by atoms with Crippen molar-refractivity contribution in [3.8, 4) is 0 Å². The highest BCUT2D eigenvalue weighted by Crippen LogP contribution is 2.25. The minimum absolute atomic E-state index is 0.142. The maximum atomic E-state index is 12.7. The molecule has 0 aromatic rings. The number of rotatable bonds is 5. The summed E-state index contributed by atoms with van der Waals surface area (Å²) in [4.78, 5) is 0. The Kier molecular flexibility index (Phi) is 5.55. The van der Waals surface area contributed by atoms with Crippen molar-refractivity contribution in [1.82, 2.24) is 8.61 Å². The van der Waals surface area contributed by atoms with E-state index in [0.717, 1.165) is 12.8 Å². The highest BCUT2D eigenvalue weighted by atomic mass is 32.2. The van der Waals surface area contributed by atoms with Gasteiger partial charge in [0.1, 0.15) is 0 Å². The minimum Gasteiger partial charge on any atom is -0.396 e. The van der Waals surface area contributed by atoms with Gasteiger partial charge in [-0.3, -0.25) is 0 Å². The van der Waals surface area contributed by atoms with Crippen LogP contribution in [0.25, 0.3) is 0 Å². The van der Waals surface area contributed by atoms with Gasteiger partial charge in [0.15, 0.2) is 0 Å². The zero-order valence-corrected chi connectivity index (χ0v) is 13.0. The molecular formula is C13H26N2O3S. The SMILES string of the molecule is C=CCN(C(C)(C)C)S(=O)(=O)N1CCC(CO)CC1. The zero-order chi connectivity index (χ0) is 14.7. The lowest BCUT2D eigenvalue weighted by molar-refractivity contribution is 0.160. The zero-order valence-electron chi connectivity index (χ0n) is 12.2. The van der Waals surface area contributed by atoms with Crippen LogP contribution in [0.15, 0.2) is 12.7 Å². The van der Waals surface area contributed by atoms with Gasteiger partial charge >= 0.3 is 0 Å². The van der Waals surface area contributed by atoms with Crippen molar-refractivity contribution in [2.24, 2.45) is 5.92 Å². The van der Waals surface area contributed by atoms with Crippen molar-refractivity contribution >= 4 is 10.2 Å². The minimum atomic E-state index is -3.46. The number of piperidine rings is 1. The Hall–Kier alpha value is -0.430. The van der Waals surface area contributed by atoms with Gasteiger partial charge in [0.05, 0.1) is 0 Å². The molecule has 5 nitrogen and oxygen atoms in total. The van der Waals surface area contributed by atoms with Crippen LogP contribution in [-0.4, -0.2) is 53.9 Å². The second-order valence-corrected chi connectivity index (χ2v) is 7.88. The molecule has 1 aliphatic rings. The lowest BCUT2D eigenvalue weighted by Gasteiger charge is -2.39. The van der Waals surface area contributed by atoms with Gasteiger partial charge in [-0.25, -0.2) is 0 Å². The topological polar surface area (TPSA) is 60.9 Å². The summed E-state index contributed by atoms with van der Waals surface area (Å²) in [6.45, 7) is 10.7. The molecule has 0 aliphatic carbocycles. The first-order chi connectivity index (χ1) is 8.73. The van der Waals surface area contributed by atoms with Gasteiger partial charge in [-0.2, -0.15) is 17.0 Å². The van der Waals surface area contributed by atoms with Crippen molar-refractivity contribution in [2.45, 2.75) is 39.2 Å². The van der Waals surface area contributed by atoms with E-state index >= 15 is 0 Å². The molecule has 1 fully saturated rings. The molecule has 1 rings (SSSR count). The van der Waals surface area contributed by atoms with Gasteiger partial charge in [0.25, 0.3) is 10.2 Å². The molecule has 1 N–H and O–H groups in total. The summed E-state index contributed by atoms with van der Waals surface area (Å²) in [5, 5.41) is 9.11. The second-order valence-electron chi connectivity index (χ2n) is 6.02. The highest BCUT2D eigenvalue weighted by molar-refractivity contribution is 7.86. The van der Waals surface area contributed by atoms with Crippen LogP contribution >= 0.6 is 0 Å². The molecule has 19 heavy (non-hydrogen) atoms. The Morgan fingerprint density at radius 3 is 2.26 bits per heavy atom. The van der Waals surface area contributed by atoms with Crippen LogP contribution in [0.1, 0.15) is 33.6 Å². The van der Waals surface area contributed by atoms with Gasteiger partial charge in [0.2, 0.25) is 0 Å². The Morgan fingerprint density at radius 2 is 1.89 bits per heavy atom. The third-order valence-electron chi connectivity index (χ3n) is 3.48. The smallest absolute Gasteiger partial charge is 0.282 e. The van der Waals surface area contributed by atoms with Crippen LogP contribution in [0.2, 0.25) is 0 Å². The summed E-state index contributed by atoms with van der Waals surface area (Å²) in [6.07, 6.45) is 3.06. The normalized spacial score (nSPS) is 19.8. The fraction of sp³-hybridized carbons (Fsp3) is 0.846. The molecule has 0 saturated carbocycles. The van der Waals surface area contributed by atoms with Gasteiger partial charge in [-0.05, 0) is 39.5 Å². The molecule has 6 heteroatoms. The molecule has 0 aromatic carbocycles. The third kappa shape index (κ3) is 4.02. The lowest BCUT2D eigenvalue weighted by Crippen LogP contribution is -2.53. The first-order valence-corrected chi connectivity index (χ1v) is 8.13. The standard InChI is InChI=1S/C13H26N2O3S/c1-5-8-15(13(2,3)4)19(17,18)14-9-6-12(11-16)7-10-14/h5,12,16H,1,6-11H2,2-4H3. The maximum Gasteiger partial charge on any atom is 0.282 e. The fourth-order valence-corrected chi connectivity index (χ4v) is 4.23. The monoisotopic (exact) mass is 290 g/mol. The molecule has 0 amide bonds. The molecule has 0 radical (unpaired) electrons. The van der Waals surface area contributed by atoms with Crippen molar-refractivity contribution < 1.29 is 13.5 Å². The van der Waals surface area contributed by atoms with Crippen LogP contribution in [0.3, 0.4) is 0 Å². The van der Waals surface area contributed by atoms with E-state index in [1.54, 1.807) is 6.08 Å². The first-order valence-electron chi connectivity index (χ1n) is 6.73. The summed E-state index contributed by atoms with van der Waals surface area (Å²) in [5.74, 6) is 0.231. The molecule has 0 bridgehead atoms. The number of hydrogen-bond donors (Lipinski definition) is 1. The second kappa shape index (κ2) is 6.35. The predicted octanol–water partition coefficient (Wildman–Crippen LogP) is 1.22. The molecule has 1 saturated heterocycles. The van der Waals surface area contributed by atoms with E-state index in [2.05, 4.69) is 6.58 Å². The average Bonchev–Trinajstić information content (AvgIpc) is 2.34. The van der Waals surface area contributed by atoms with E-state index < -0.39 is 15.7 Å². The first kappa shape index (κ1) is 16.6. The Morgan fingerprint density at radius 1 is 1.37 bits per heavy atom. The molecule has 112 valence electrons. The number of aliphatic hydroxyl groups is 1. The molecule has 0 aromatic heterocycles. The molecule has 0 unspecified atom stereocenters. The lowest BCUT2D eigenvalue weighted by atomic mass is 10.00. The van der Waals surface area contributed by atoms with Crippen LogP contribution in [0.5, 0.6) is 0 Å². The Labute approximate surface area is 117 Å². The summed E-state index contributed by atoms with van der Waals surface area (Å²) in [6, 6.07) is 0. The van der Waals surface area contributed by atoms with E-state index in [-0.39, 0.29) is 12.5 Å². The molecule has 1 heterocycles. The summed E-state index contributed by atoms with van der Waals surface area (Å²) in [7, 11) is -3.46. The van der Waals surface area contributed by atoms with E-state index in [1.165, 1.54) is 8.61 Å². The van der Waals surface area contributed by atoms with Crippen molar-refractivity contribution in [1.29, 1.82) is 0 Å². The van der Waals surface area contributed by atoms with Crippen molar-refractivity contribution in [3.05, 3.63) is 12.7 Å². The van der Waals surface area contributed by atoms with E-state index in [1.807, 2.05) is 20.8 Å². The van der Waals surface area contributed by atoms with Crippen LogP contribution in [0, 0.1) is 5.92 Å². The van der Waals surface area contributed by atoms with Crippen molar-refractivity contribution in [2.75, 3.05) is 26.2 Å². The van der Waals surface area contributed by atoms with E-state index in [4.69, 9.17) is 5.11 Å². The molecule has 1 aliphatic heterocycles. The highest BCUT2D eigenvalue weighted by Gasteiger charge is 2.37.